The quantitative estimate of drug-likeness (QED) is 0.391. The summed E-state index contributed by atoms with van der Waals surface area (Å²) in [5, 5.41) is 3.33. The summed E-state index contributed by atoms with van der Waals surface area (Å²) >= 11 is 0. The molecule has 4 aromatic rings. The topological polar surface area (TPSA) is 70.3 Å². The zero-order valence-corrected chi connectivity index (χ0v) is 20.2. The molecular formula is C28H27FN4O3. The van der Waals surface area contributed by atoms with Crippen molar-refractivity contribution < 1.29 is 13.9 Å². The SMILES string of the molecule is COc1cc(Nc2cc(C3CC3)cn(C3CCOc4ccc(F)cc43)c2=O)ccc1-n1cnc(C)c1. The molecule has 1 N–H and O–H groups in total. The van der Waals surface area contributed by atoms with Crippen LogP contribution in [0.3, 0.4) is 0 Å². The number of hydrogen-bond acceptors (Lipinski definition) is 5. The molecule has 6 rings (SSSR count). The number of halogens is 1. The number of rotatable bonds is 6. The molecular weight excluding hydrogens is 459 g/mol. The minimum Gasteiger partial charge on any atom is -0.494 e. The molecule has 7 nitrogen and oxygen atoms in total. The zero-order chi connectivity index (χ0) is 24.8. The van der Waals surface area contributed by atoms with Gasteiger partial charge in [0.15, 0.2) is 0 Å². The van der Waals surface area contributed by atoms with Gasteiger partial charge >= 0.3 is 0 Å². The van der Waals surface area contributed by atoms with E-state index in [1.807, 2.05) is 48.1 Å². The Morgan fingerprint density at radius 1 is 1.11 bits per heavy atom. The lowest BCUT2D eigenvalue weighted by Crippen LogP contribution is -2.30. The summed E-state index contributed by atoms with van der Waals surface area (Å²) in [7, 11) is 1.62. The summed E-state index contributed by atoms with van der Waals surface area (Å²) in [6.07, 6.45) is 8.41. The second kappa shape index (κ2) is 8.86. The minimum absolute atomic E-state index is 0.158. The standard InChI is InChI=1S/C28H27FN4O3/c1-17-14-32(16-30-17)25-7-6-21(13-27(25)35-2)31-23-11-19(18-3-4-18)15-33(28(23)34)24-9-10-36-26-8-5-20(29)12-22(24)26/h5-8,11-16,18,24,31H,3-4,9-10H2,1-2H3. The van der Waals surface area contributed by atoms with Gasteiger partial charge in [-0.1, -0.05) is 0 Å². The van der Waals surface area contributed by atoms with E-state index in [9.17, 15) is 9.18 Å². The van der Waals surface area contributed by atoms with Crippen molar-refractivity contribution in [3.8, 4) is 17.2 Å². The Labute approximate surface area is 208 Å². The van der Waals surface area contributed by atoms with Crippen molar-refractivity contribution in [1.82, 2.24) is 14.1 Å². The number of aryl methyl sites for hydroxylation is 1. The Balaban J connectivity index is 1.40. The van der Waals surface area contributed by atoms with Crippen LogP contribution in [0.4, 0.5) is 15.8 Å². The van der Waals surface area contributed by atoms with Crippen LogP contribution in [-0.2, 0) is 0 Å². The Bertz CT molecular complexity index is 1510. The van der Waals surface area contributed by atoms with Crippen molar-refractivity contribution >= 4 is 11.4 Å². The number of anilines is 2. The molecule has 2 aliphatic rings. The summed E-state index contributed by atoms with van der Waals surface area (Å²) < 4.78 is 29.2. The summed E-state index contributed by atoms with van der Waals surface area (Å²) in [4.78, 5) is 18.0. The first-order chi connectivity index (χ1) is 17.5. The first-order valence-corrected chi connectivity index (χ1v) is 12.1. The van der Waals surface area contributed by atoms with Crippen LogP contribution in [0, 0.1) is 12.7 Å². The number of nitrogens with zero attached hydrogens (tertiary/aromatic N) is 3. The van der Waals surface area contributed by atoms with E-state index in [1.165, 1.54) is 12.1 Å². The maximum atomic E-state index is 14.1. The van der Waals surface area contributed by atoms with Gasteiger partial charge < -0.3 is 23.9 Å². The van der Waals surface area contributed by atoms with Gasteiger partial charge in [-0.3, -0.25) is 4.79 Å². The molecule has 1 aliphatic heterocycles. The molecule has 3 heterocycles. The average molecular weight is 487 g/mol. The van der Waals surface area contributed by atoms with Gasteiger partial charge in [0.2, 0.25) is 0 Å². The highest BCUT2D eigenvalue weighted by molar-refractivity contribution is 5.65. The van der Waals surface area contributed by atoms with Gasteiger partial charge in [-0.25, -0.2) is 9.37 Å². The normalized spacial score (nSPS) is 16.8. The summed E-state index contributed by atoms with van der Waals surface area (Å²) in [5.74, 6) is 1.38. The molecule has 1 saturated carbocycles. The average Bonchev–Trinajstić information content (AvgIpc) is 3.65. The molecule has 1 fully saturated rings. The van der Waals surface area contributed by atoms with Gasteiger partial charge in [0.25, 0.3) is 5.56 Å². The van der Waals surface area contributed by atoms with Crippen molar-refractivity contribution in [1.29, 1.82) is 0 Å². The van der Waals surface area contributed by atoms with Gasteiger partial charge in [0, 0.05) is 36.1 Å². The molecule has 36 heavy (non-hydrogen) atoms. The van der Waals surface area contributed by atoms with E-state index in [4.69, 9.17) is 9.47 Å². The molecule has 8 heteroatoms. The van der Waals surface area contributed by atoms with E-state index >= 15 is 0 Å². The fourth-order valence-corrected chi connectivity index (χ4v) is 4.90. The van der Waals surface area contributed by atoms with E-state index < -0.39 is 0 Å². The smallest absolute Gasteiger partial charge is 0.274 e. The minimum atomic E-state index is -0.339. The predicted molar refractivity (Wildman–Crippen MR) is 135 cm³/mol. The highest BCUT2D eigenvalue weighted by atomic mass is 19.1. The van der Waals surface area contributed by atoms with Crippen LogP contribution >= 0.6 is 0 Å². The molecule has 0 spiro atoms. The molecule has 184 valence electrons. The lowest BCUT2D eigenvalue weighted by atomic mass is 9.99. The summed E-state index contributed by atoms with van der Waals surface area (Å²) in [5.41, 5.74) is 4.64. The first kappa shape index (κ1) is 22.4. The lowest BCUT2D eigenvalue weighted by Gasteiger charge is -2.28. The van der Waals surface area contributed by atoms with Gasteiger partial charge in [0.05, 0.1) is 37.5 Å². The number of benzene rings is 2. The lowest BCUT2D eigenvalue weighted by molar-refractivity contribution is 0.253. The molecule has 2 aromatic heterocycles. The van der Waals surface area contributed by atoms with Crippen LogP contribution in [0.15, 0.2) is 66.0 Å². The van der Waals surface area contributed by atoms with Crippen molar-refractivity contribution in [2.75, 3.05) is 19.0 Å². The molecule has 2 aromatic carbocycles. The van der Waals surface area contributed by atoms with Crippen LogP contribution in [0.1, 0.15) is 48.0 Å². The van der Waals surface area contributed by atoms with E-state index in [1.54, 1.807) is 24.1 Å². The van der Waals surface area contributed by atoms with Crippen LogP contribution in [-0.4, -0.2) is 27.8 Å². The largest absolute Gasteiger partial charge is 0.494 e. The number of imidazole rings is 1. The second-order valence-corrected chi connectivity index (χ2v) is 9.44. The number of pyridine rings is 1. The summed E-state index contributed by atoms with van der Waals surface area (Å²) in [6, 6.07) is 11.9. The Kier molecular flexibility index (Phi) is 5.51. The first-order valence-electron chi connectivity index (χ1n) is 12.1. The van der Waals surface area contributed by atoms with E-state index in [0.29, 0.717) is 41.7 Å². The number of hydrogen-bond donors (Lipinski definition) is 1. The maximum absolute atomic E-state index is 14.1. The maximum Gasteiger partial charge on any atom is 0.274 e. The Morgan fingerprint density at radius 2 is 1.97 bits per heavy atom. The Morgan fingerprint density at radius 3 is 2.72 bits per heavy atom. The number of nitrogens with one attached hydrogen (secondary N) is 1. The van der Waals surface area contributed by atoms with Crippen LogP contribution in [0.5, 0.6) is 11.5 Å². The molecule has 1 unspecified atom stereocenters. The second-order valence-electron chi connectivity index (χ2n) is 9.44. The van der Waals surface area contributed by atoms with Crippen LogP contribution in [0.25, 0.3) is 5.69 Å². The number of ether oxygens (including phenoxy) is 2. The highest BCUT2D eigenvalue weighted by Gasteiger charge is 2.29. The zero-order valence-electron chi connectivity index (χ0n) is 20.2. The van der Waals surface area contributed by atoms with Gasteiger partial charge in [-0.05, 0) is 67.6 Å². The molecule has 0 bridgehead atoms. The highest BCUT2D eigenvalue weighted by Crippen LogP contribution is 2.42. The third kappa shape index (κ3) is 4.12. The molecule has 0 saturated heterocycles. The van der Waals surface area contributed by atoms with Crippen molar-refractivity contribution in [2.45, 2.75) is 38.1 Å². The Hall–Kier alpha value is -4.07. The number of fused-ring (bicyclic) bond motifs is 1. The predicted octanol–water partition coefficient (Wildman–Crippen LogP) is 5.48. The van der Waals surface area contributed by atoms with Crippen molar-refractivity contribution in [2.24, 2.45) is 0 Å². The monoisotopic (exact) mass is 486 g/mol. The molecule has 0 radical (unpaired) electrons. The van der Waals surface area contributed by atoms with Crippen LogP contribution < -0.4 is 20.3 Å². The van der Waals surface area contributed by atoms with Crippen molar-refractivity contribution in [3.05, 3.63) is 94.2 Å². The van der Waals surface area contributed by atoms with E-state index in [-0.39, 0.29) is 17.4 Å². The summed E-state index contributed by atoms with van der Waals surface area (Å²) in [6.45, 7) is 2.40. The third-order valence-electron chi connectivity index (χ3n) is 6.88. The molecule has 1 aliphatic carbocycles. The van der Waals surface area contributed by atoms with Gasteiger partial charge in [-0.2, -0.15) is 0 Å². The van der Waals surface area contributed by atoms with Gasteiger partial charge in [0.1, 0.15) is 23.0 Å². The fraction of sp³-hybridized carbons (Fsp3) is 0.286. The van der Waals surface area contributed by atoms with E-state index in [0.717, 1.165) is 35.5 Å². The van der Waals surface area contributed by atoms with Gasteiger partial charge in [-0.15, -0.1) is 0 Å². The number of methoxy groups -OCH3 is 1. The third-order valence-corrected chi connectivity index (χ3v) is 6.88. The number of aromatic nitrogens is 3. The van der Waals surface area contributed by atoms with Crippen LogP contribution in [0.2, 0.25) is 0 Å². The fourth-order valence-electron chi connectivity index (χ4n) is 4.90. The van der Waals surface area contributed by atoms with Crippen molar-refractivity contribution in [3.63, 3.8) is 0 Å². The van der Waals surface area contributed by atoms with E-state index in [2.05, 4.69) is 10.3 Å². The molecule has 1 atom stereocenters. The molecule has 0 amide bonds.